The molecule has 43 heavy (non-hydrogen) atoms. The maximum absolute atomic E-state index is 13.4. The number of ether oxygens (including phenoxy) is 1. The van der Waals surface area contributed by atoms with Gasteiger partial charge in [-0.3, -0.25) is 9.36 Å². The fourth-order valence-corrected chi connectivity index (χ4v) is 4.19. The lowest BCUT2D eigenvalue weighted by atomic mass is 10.00. The van der Waals surface area contributed by atoms with Crippen molar-refractivity contribution in [2.75, 3.05) is 7.11 Å². The third-order valence-electron chi connectivity index (χ3n) is 6.15. The molecule has 2 aromatic heterocycles. The van der Waals surface area contributed by atoms with E-state index >= 15 is 0 Å². The zero-order valence-corrected chi connectivity index (χ0v) is 22.8. The van der Waals surface area contributed by atoms with Gasteiger partial charge in [0.1, 0.15) is 6.54 Å². The van der Waals surface area contributed by atoms with Crippen LogP contribution in [0.1, 0.15) is 22.9 Å². The number of carbonyl (C=O) groups excluding carboxylic acids is 1. The second kappa shape index (κ2) is 12.5. The number of nitrogens with zero attached hydrogens (tertiary/aromatic N) is 4. The van der Waals surface area contributed by atoms with Crippen molar-refractivity contribution in [2.24, 2.45) is 0 Å². The smallest absolute Gasteiger partial charge is 0.416 e. The van der Waals surface area contributed by atoms with E-state index in [2.05, 4.69) is 15.4 Å². The molecular weight excluding hydrogens is 608 g/mol. The first-order chi connectivity index (χ1) is 20.2. The second-order valence-corrected chi connectivity index (χ2v) is 9.60. The van der Waals surface area contributed by atoms with E-state index in [1.165, 1.54) is 55.6 Å². The number of hydrogen-bond donors (Lipinski definition) is 2. The summed E-state index contributed by atoms with van der Waals surface area (Å²) in [6.07, 6.45) is -12.7. The quantitative estimate of drug-likeness (QED) is 0.262. The number of methoxy groups -OCH3 is 1. The Morgan fingerprint density at radius 1 is 1.05 bits per heavy atom. The number of aromatic nitrogens is 4. The highest BCUT2D eigenvalue weighted by Gasteiger charge is 2.39. The molecule has 0 bridgehead atoms. The average Bonchev–Trinajstić information content (AvgIpc) is 3.25. The molecule has 4 aromatic rings. The number of hydrogen-bond acceptors (Lipinski definition) is 6. The van der Waals surface area contributed by atoms with E-state index < -0.39 is 54.7 Å². The summed E-state index contributed by atoms with van der Waals surface area (Å²) in [5.41, 5.74) is -1.88. The molecule has 16 heteroatoms. The van der Waals surface area contributed by atoms with Gasteiger partial charge in [-0.05, 0) is 48.0 Å². The number of halogens is 7. The van der Waals surface area contributed by atoms with Gasteiger partial charge < -0.3 is 15.2 Å². The second-order valence-electron chi connectivity index (χ2n) is 9.17. The third-order valence-corrected chi connectivity index (χ3v) is 6.41. The minimum Gasteiger partial charge on any atom is -0.481 e. The van der Waals surface area contributed by atoms with Gasteiger partial charge in [0.05, 0.1) is 31.0 Å². The average molecular weight is 630 g/mol. The third kappa shape index (κ3) is 7.53. The van der Waals surface area contributed by atoms with Crippen molar-refractivity contribution in [3.63, 3.8) is 0 Å². The first kappa shape index (κ1) is 31.6. The Morgan fingerprint density at radius 3 is 2.35 bits per heavy atom. The van der Waals surface area contributed by atoms with Crippen molar-refractivity contribution in [3.8, 4) is 17.3 Å². The summed E-state index contributed by atoms with van der Waals surface area (Å²) >= 11 is 5.88. The minimum absolute atomic E-state index is 0.00282. The topological polar surface area (TPSA) is 111 Å². The number of aliphatic hydroxyl groups is 1. The van der Waals surface area contributed by atoms with Crippen molar-refractivity contribution in [1.82, 2.24) is 24.6 Å². The molecule has 0 aliphatic heterocycles. The van der Waals surface area contributed by atoms with E-state index in [1.54, 1.807) is 0 Å². The first-order valence-corrected chi connectivity index (χ1v) is 12.7. The fourth-order valence-electron chi connectivity index (χ4n) is 4.07. The van der Waals surface area contributed by atoms with Crippen molar-refractivity contribution >= 4 is 17.5 Å². The molecule has 0 spiro atoms. The van der Waals surface area contributed by atoms with Gasteiger partial charge in [-0.15, -0.1) is 5.10 Å². The Morgan fingerprint density at radius 2 is 1.72 bits per heavy atom. The summed E-state index contributed by atoms with van der Waals surface area (Å²) in [4.78, 5) is 30.5. The zero-order valence-electron chi connectivity index (χ0n) is 22.0. The predicted octanol–water partition coefficient (Wildman–Crippen LogP) is 4.62. The Kier molecular flexibility index (Phi) is 9.15. The Bertz CT molecular complexity index is 1650. The maximum atomic E-state index is 13.4. The van der Waals surface area contributed by atoms with E-state index in [4.69, 9.17) is 16.3 Å². The molecule has 0 fully saturated rings. The number of aliphatic hydroxyl groups excluding tert-OH is 1. The van der Waals surface area contributed by atoms with Gasteiger partial charge in [-0.1, -0.05) is 29.8 Å². The number of alkyl halides is 6. The van der Waals surface area contributed by atoms with Crippen LogP contribution < -0.4 is 15.7 Å². The summed E-state index contributed by atoms with van der Waals surface area (Å²) in [5, 5.41) is 16.5. The molecule has 2 aromatic carbocycles. The molecule has 0 saturated carbocycles. The molecule has 0 saturated heterocycles. The molecule has 0 aliphatic rings. The fraction of sp³-hybridized carbons (Fsp3) is 0.259. The molecular formula is C27H22ClF6N5O4. The van der Waals surface area contributed by atoms with Crippen LogP contribution in [0, 0.1) is 0 Å². The van der Waals surface area contributed by atoms with E-state index in [1.807, 2.05) is 0 Å². The van der Waals surface area contributed by atoms with E-state index in [-0.39, 0.29) is 28.5 Å². The summed E-state index contributed by atoms with van der Waals surface area (Å²) in [5.74, 6) is -1.12. The van der Waals surface area contributed by atoms with Crippen molar-refractivity contribution < 1.29 is 41.0 Å². The van der Waals surface area contributed by atoms with Gasteiger partial charge in [-0.2, -0.15) is 26.3 Å². The Balaban J connectivity index is 1.71. The van der Waals surface area contributed by atoms with Gasteiger partial charge in [-0.25, -0.2) is 14.5 Å². The Labute approximate surface area is 244 Å². The van der Waals surface area contributed by atoms with E-state index in [9.17, 15) is 41.0 Å². The van der Waals surface area contributed by atoms with Crippen LogP contribution in [0.15, 0.2) is 71.5 Å². The Hall–Kier alpha value is -4.37. The molecule has 0 aliphatic carbocycles. The molecule has 228 valence electrons. The number of amides is 1. The molecule has 2 heterocycles. The lowest BCUT2D eigenvalue weighted by molar-refractivity contribution is -0.207. The van der Waals surface area contributed by atoms with Crippen molar-refractivity contribution in [3.05, 3.63) is 99.1 Å². The summed E-state index contributed by atoms with van der Waals surface area (Å²) in [6, 6.07) is 12.9. The summed E-state index contributed by atoms with van der Waals surface area (Å²) in [7, 11) is 1.32. The number of nitrogens with one attached hydrogen (secondary N) is 1. The first-order valence-electron chi connectivity index (χ1n) is 12.3. The summed E-state index contributed by atoms with van der Waals surface area (Å²) in [6.45, 7) is -2.06. The van der Waals surface area contributed by atoms with Gasteiger partial charge in [0.15, 0.2) is 11.9 Å². The monoisotopic (exact) mass is 629 g/mol. The van der Waals surface area contributed by atoms with Crippen LogP contribution in [0.5, 0.6) is 5.88 Å². The van der Waals surface area contributed by atoms with Crippen LogP contribution in [-0.4, -0.2) is 49.7 Å². The van der Waals surface area contributed by atoms with Gasteiger partial charge in [0.2, 0.25) is 11.8 Å². The van der Waals surface area contributed by atoms with Gasteiger partial charge in [0.25, 0.3) is 0 Å². The number of carbonyl (C=O) groups is 1. The zero-order chi connectivity index (χ0) is 31.5. The molecule has 2 N–H and O–H groups in total. The van der Waals surface area contributed by atoms with Crippen LogP contribution in [0.4, 0.5) is 26.3 Å². The largest absolute Gasteiger partial charge is 0.481 e. The van der Waals surface area contributed by atoms with Crippen LogP contribution in [-0.2, 0) is 24.1 Å². The maximum Gasteiger partial charge on any atom is 0.416 e. The van der Waals surface area contributed by atoms with Gasteiger partial charge in [0, 0.05) is 16.7 Å². The number of pyridine rings is 1. The van der Waals surface area contributed by atoms with Crippen molar-refractivity contribution in [2.45, 2.75) is 37.6 Å². The molecule has 4 rings (SSSR count). The molecule has 1 amide bonds. The SMILES string of the molecule is COc1cccc(C(NC(=O)Cn2nc(-c3ccc(Cl)cc3)n(C[C@H](O)C(F)(F)F)c2=O)c2cccc(C(F)(F)F)c2)n1. The molecule has 9 nitrogen and oxygen atoms in total. The van der Waals surface area contributed by atoms with E-state index in [0.29, 0.717) is 14.3 Å². The van der Waals surface area contributed by atoms with Crippen LogP contribution in [0.2, 0.25) is 5.02 Å². The number of benzene rings is 2. The van der Waals surface area contributed by atoms with Crippen LogP contribution >= 0.6 is 11.6 Å². The molecule has 0 radical (unpaired) electrons. The van der Waals surface area contributed by atoms with Crippen molar-refractivity contribution in [1.29, 1.82) is 0 Å². The predicted molar refractivity (Wildman–Crippen MR) is 141 cm³/mol. The lowest BCUT2D eigenvalue weighted by Gasteiger charge is -2.20. The molecule has 1 unspecified atom stereocenters. The lowest BCUT2D eigenvalue weighted by Crippen LogP contribution is -2.39. The van der Waals surface area contributed by atoms with Crippen LogP contribution in [0.25, 0.3) is 11.4 Å². The summed E-state index contributed by atoms with van der Waals surface area (Å²) < 4.78 is 86.0. The highest BCUT2D eigenvalue weighted by atomic mass is 35.5. The molecule has 2 atom stereocenters. The number of rotatable bonds is 9. The highest BCUT2D eigenvalue weighted by Crippen LogP contribution is 2.32. The normalized spacial score (nSPS) is 13.4. The van der Waals surface area contributed by atoms with E-state index in [0.717, 1.165) is 18.2 Å². The minimum atomic E-state index is -5.06. The standard InChI is InChI=1S/C27H22ClF6N5O4/c1-43-22-7-3-6-19(35-22)23(16-4-2-5-17(12-16)26(29,30)31)36-21(41)14-39-25(42)38(13-20(40)27(32,33)34)24(37-39)15-8-10-18(28)11-9-15/h2-12,20,23,40H,13-14H2,1H3,(H,36,41)/t20-,23?/m0/s1. The highest BCUT2D eigenvalue weighted by molar-refractivity contribution is 6.30. The van der Waals surface area contributed by atoms with Gasteiger partial charge >= 0.3 is 18.0 Å². The van der Waals surface area contributed by atoms with Crippen LogP contribution in [0.3, 0.4) is 0 Å².